The zero-order chi connectivity index (χ0) is 9.10. The third kappa shape index (κ3) is 1.66. The van der Waals surface area contributed by atoms with E-state index in [2.05, 4.69) is 25.5 Å². The molecule has 0 spiro atoms. The molecular weight excluding hydrogens is 168 g/mol. The van der Waals surface area contributed by atoms with Gasteiger partial charge in [-0.05, 0) is 0 Å². The number of H-pyrrole nitrogens is 1. The molecule has 0 aliphatic carbocycles. The molecule has 0 aliphatic rings. The maximum Gasteiger partial charge on any atom is 0.202 e. The van der Waals surface area contributed by atoms with E-state index in [4.69, 9.17) is 0 Å². The third-order valence-corrected chi connectivity index (χ3v) is 1.70. The fourth-order valence-electron chi connectivity index (χ4n) is 1.01. The van der Waals surface area contributed by atoms with Crippen molar-refractivity contribution in [3.63, 3.8) is 0 Å². The van der Waals surface area contributed by atoms with Crippen LogP contribution in [0.5, 0.6) is 0 Å². The lowest BCUT2D eigenvalue weighted by Gasteiger charge is -2.02. The van der Waals surface area contributed by atoms with Crippen molar-refractivity contribution in [3.8, 4) is 0 Å². The number of nitrogens with one attached hydrogen (secondary N) is 2. The number of nitrogens with zero attached hydrogens (tertiary/aromatic N) is 4. The molecule has 6 nitrogen and oxygen atoms in total. The van der Waals surface area contributed by atoms with Crippen molar-refractivity contribution in [3.05, 3.63) is 24.5 Å². The number of rotatable bonds is 3. The molecule has 6 heteroatoms. The van der Waals surface area contributed by atoms with Crippen molar-refractivity contribution < 1.29 is 0 Å². The second kappa shape index (κ2) is 3.26. The van der Waals surface area contributed by atoms with Crippen LogP contribution in [-0.4, -0.2) is 24.7 Å². The van der Waals surface area contributed by atoms with Gasteiger partial charge in [-0.15, -0.1) is 0 Å². The molecule has 0 atom stereocenters. The van der Waals surface area contributed by atoms with Crippen LogP contribution in [0.3, 0.4) is 0 Å². The highest BCUT2D eigenvalue weighted by Crippen LogP contribution is 2.01. The average molecular weight is 178 g/mol. The van der Waals surface area contributed by atoms with E-state index in [0.29, 0.717) is 6.54 Å². The van der Waals surface area contributed by atoms with Crippen molar-refractivity contribution in [1.82, 2.24) is 24.7 Å². The average Bonchev–Trinajstić information content (AvgIpc) is 2.72. The molecule has 68 valence electrons. The van der Waals surface area contributed by atoms with Gasteiger partial charge in [-0.1, -0.05) is 0 Å². The number of aromatic amines is 1. The summed E-state index contributed by atoms with van der Waals surface area (Å²) in [6.45, 7) is 0.602. The van der Waals surface area contributed by atoms with Crippen molar-refractivity contribution in [2.75, 3.05) is 5.32 Å². The Morgan fingerprint density at radius 1 is 1.54 bits per heavy atom. The van der Waals surface area contributed by atoms with Crippen molar-refractivity contribution in [2.45, 2.75) is 6.54 Å². The van der Waals surface area contributed by atoms with Gasteiger partial charge in [0.25, 0.3) is 0 Å². The molecule has 0 radical (unpaired) electrons. The number of aromatic nitrogens is 5. The summed E-state index contributed by atoms with van der Waals surface area (Å²) in [5.41, 5.74) is 0. The largest absolute Gasteiger partial charge is 0.348 e. The normalized spacial score (nSPS) is 10.2. The molecule has 0 aromatic carbocycles. The van der Waals surface area contributed by atoms with Crippen LogP contribution in [0.25, 0.3) is 0 Å². The van der Waals surface area contributed by atoms with Gasteiger partial charge >= 0.3 is 0 Å². The van der Waals surface area contributed by atoms with E-state index in [-0.39, 0.29) is 0 Å². The summed E-state index contributed by atoms with van der Waals surface area (Å²) < 4.78 is 1.90. The van der Waals surface area contributed by atoms with E-state index in [1.54, 1.807) is 6.20 Å². The zero-order valence-corrected chi connectivity index (χ0v) is 7.23. The Labute approximate surface area is 75.0 Å². The molecule has 0 aliphatic heterocycles. The van der Waals surface area contributed by atoms with Crippen LogP contribution in [0.1, 0.15) is 5.82 Å². The highest BCUT2D eigenvalue weighted by atomic mass is 15.2. The standard InChI is InChI=1S/C7H10N6/c1-13-3-2-8-7(13)9-4-6-10-5-11-12-6/h2-3,5H,4H2,1H3,(H,8,9)(H,10,11,12). The summed E-state index contributed by atoms with van der Waals surface area (Å²) in [6.07, 6.45) is 5.10. The van der Waals surface area contributed by atoms with Crippen LogP contribution in [-0.2, 0) is 13.6 Å². The van der Waals surface area contributed by atoms with Gasteiger partial charge < -0.3 is 9.88 Å². The van der Waals surface area contributed by atoms with Gasteiger partial charge in [0.2, 0.25) is 5.95 Å². The summed E-state index contributed by atoms with van der Waals surface area (Å²) in [4.78, 5) is 8.08. The fourth-order valence-corrected chi connectivity index (χ4v) is 1.01. The molecule has 2 rings (SSSR count). The summed E-state index contributed by atoms with van der Waals surface area (Å²) in [5.74, 6) is 1.61. The number of anilines is 1. The topological polar surface area (TPSA) is 71.4 Å². The minimum atomic E-state index is 0.602. The van der Waals surface area contributed by atoms with Crippen molar-refractivity contribution >= 4 is 5.95 Å². The van der Waals surface area contributed by atoms with Crippen LogP contribution >= 0.6 is 0 Å². The first-order chi connectivity index (χ1) is 6.36. The minimum Gasteiger partial charge on any atom is -0.348 e. The Bertz CT molecular complexity index is 362. The van der Waals surface area contributed by atoms with Crippen molar-refractivity contribution in [1.29, 1.82) is 0 Å². The molecule has 0 amide bonds. The molecule has 2 aromatic heterocycles. The predicted octanol–water partition coefficient (Wildman–Crippen LogP) is 0.150. The summed E-state index contributed by atoms with van der Waals surface area (Å²) in [7, 11) is 1.93. The fraction of sp³-hybridized carbons (Fsp3) is 0.286. The molecule has 0 unspecified atom stereocenters. The maximum atomic E-state index is 4.10. The molecule has 2 aromatic rings. The Kier molecular flexibility index (Phi) is 1.95. The lowest BCUT2D eigenvalue weighted by molar-refractivity contribution is 0.877. The lowest BCUT2D eigenvalue weighted by atomic mass is 10.6. The monoisotopic (exact) mass is 178 g/mol. The van der Waals surface area contributed by atoms with Crippen LogP contribution in [0, 0.1) is 0 Å². The number of hydrogen-bond acceptors (Lipinski definition) is 4. The molecule has 2 heterocycles. The molecule has 0 fully saturated rings. The van der Waals surface area contributed by atoms with Gasteiger partial charge in [0.05, 0.1) is 6.54 Å². The maximum absolute atomic E-state index is 4.10. The Morgan fingerprint density at radius 2 is 2.46 bits per heavy atom. The van der Waals surface area contributed by atoms with Gasteiger partial charge in [0.1, 0.15) is 12.2 Å². The zero-order valence-electron chi connectivity index (χ0n) is 7.23. The smallest absolute Gasteiger partial charge is 0.202 e. The van der Waals surface area contributed by atoms with E-state index in [0.717, 1.165) is 11.8 Å². The van der Waals surface area contributed by atoms with E-state index >= 15 is 0 Å². The second-order valence-electron chi connectivity index (χ2n) is 2.65. The van der Waals surface area contributed by atoms with Crippen LogP contribution in [0.15, 0.2) is 18.7 Å². The molecule has 0 bridgehead atoms. The quantitative estimate of drug-likeness (QED) is 0.701. The first-order valence-electron chi connectivity index (χ1n) is 3.91. The van der Waals surface area contributed by atoms with Gasteiger partial charge in [-0.25, -0.2) is 9.97 Å². The SMILES string of the molecule is Cn1ccnc1NCc1ncn[nH]1. The Balaban J connectivity index is 1.97. The predicted molar refractivity (Wildman–Crippen MR) is 46.9 cm³/mol. The van der Waals surface area contributed by atoms with Crippen LogP contribution in [0.4, 0.5) is 5.95 Å². The van der Waals surface area contributed by atoms with E-state index in [1.807, 2.05) is 17.8 Å². The molecular formula is C7H10N6. The van der Waals surface area contributed by atoms with Gasteiger partial charge in [0.15, 0.2) is 0 Å². The van der Waals surface area contributed by atoms with Gasteiger partial charge in [0, 0.05) is 19.4 Å². The minimum absolute atomic E-state index is 0.602. The first kappa shape index (κ1) is 7.78. The first-order valence-corrected chi connectivity index (χ1v) is 3.91. The Hall–Kier alpha value is -1.85. The summed E-state index contributed by atoms with van der Waals surface area (Å²) in [5, 5.41) is 9.61. The van der Waals surface area contributed by atoms with Gasteiger partial charge in [-0.3, -0.25) is 5.10 Å². The number of hydrogen-bond donors (Lipinski definition) is 2. The molecule has 0 saturated heterocycles. The Morgan fingerprint density at radius 3 is 3.08 bits per heavy atom. The highest BCUT2D eigenvalue weighted by molar-refractivity contribution is 5.25. The summed E-state index contributed by atoms with van der Waals surface area (Å²) in [6, 6.07) is 0. The van der Waals surface area contributed by atoms with Gasteiger partial charge in [-0.2, -0.15) is 5.10 Å². The molecule has 2 N–H and O–H groups in total. The van der Waals surface area contributed by atoms with E-state index in [9.17, 15) is 0 Å². The molecule has 13 heavy (non-hydrogen) atoms. The summed E-state index contributed by atoms with van der Waals surface area (Å²) >= 11 is 0. The highest BCUT2D eigenvalue weighted by Gasteiger charge is 1.98. The van der Waals surface area contributed by atoms with Crippen LogP contribution in [0.2, 0.25) is 0 Å². The number of aryl methyl sites for hydroxylation is 1. The van der Waals surface area contributed by atoms with E-state index < -0.39 is 0 Å². The van der Waals surface area contributed by atoms with Crippen LogP contribution < -0.4 is 5.32 Å². The number of imidazole rings is 1. The third-order valence-electron chi connectivity index (χ3n) is 1.70. The second-order valence-corrected chi connectivity index (χ2v) is 2.65. The van der Waals surface area contributed by atoms with E-state index in [1.165, 1.54) is 6.33 Å². The molecule has 0 saturated carbocycles. The lowest BCUT2D eigenvalue weighted by Crippen LogP contribution is -2.05. The van der Waals surface area contributed by atoms with Crippen molar-refractivity contribution in [2.24, 2.45) is 7.05 Å².